The summed E-state index contributed by atoms with van der Waals surface area (Å²) in [4.78, 5) is 17.6. The molecule has 0 aromatic rings. The van der Waals surface area contributed by atoms with E-state index in [1.54, 1.807) is 0 Å². The van der Waals surface area contributed by atoms with Crippen molar-refractivity contribution in [2.24, 2.45) is 11.3 Å². The maximum atomic E-state index is 12.5. The number of nitrogens with zero attached hydrogens (tertiary/aromatic N) is 2. The molecule has 132 valence electrons. The van der Waals surface area contributed by atoms with Gasteiger partial charge in [0.2, 0.25) is 5.91 Å². The molecule has 1 amide bonds. The molecule has 4 nitrogen and oxygen atoms in total. The van der Waals surface area contributed by atoms with E-state index in [4.69, 9.17) is 0 Å². The van der Waals surface area contributed by atoms with Crippen molar-refractivity contribution in [2.45, 2.75) is 64.3 Å². The molecule has 3 rings (SSSR count). The lowest BCUT2D eigenvalue weighted by atomic mass is 9.88. The van der Waals surface area contributed by atoms with E-state index < -0.39 is 0 Å². The molecule has 3 fully saturated rings. The van der Waals surface area contributed by atoms with Gasteiger partial charge in [-0.3, -0.25) is 4.79 Å². The van der Waals surface area contributed by atoms with Crippen molar-refractivity contribution in [1.29, 1.82) is 0 Å². The van der Waals surface area contributed by atoms with E-state index in [-0.39, 0.29) is 11.3 Å². The lowest BCUT2D eigenvalue weighted by Gasteiger charge is -2.39. The Morgan fingerprint density at radius 1 is 1.09 bits per heavy atom. The van der Waals surface area contributed by atoms with Gasteiger partial charge >= 0.3 is 0 Å². The van der Waals surface area contributed by atoms with Gasteiger partial charge in [-0.25, -0.2) is 0 Å². The summed E-state index contributed by atoms with van der Waals surface area (Å²) in [5.74, 6) is 0.557. The van der Waals surface area contributed by atoms with Gasteiger partial charge < -0.3 is 15.1 Å². The maximum absolute atomic E-state index is 12.5. The van der Waals surface area contributed by atoms with Crippen LogP contribution in [-0.4, -0.2) is 61.5 Å². The molecule has 2 aliphatic heterocycles. The van der Waals surface area contributed by atoms with Crippen LogP contribution in [0.5, 0.6) is 0 Å². The Balaban J connectivity index is 1.39. The molecule has 23 heavy (non-hydrogen) atoms. The Labute approximate surface area is 142 Å². The van der Waals surface area contributed by atoms with E-state index in [0.717, 1.165) is 51.6 Å². The number of carbonyl (C=O) groups excluding carboxylic acids is 1. The Kier molecular flexibility index (Phi) is 5.63. The van der Waals surface area contributed by atoms with E-state index in [2.05, 4.69) is 29.1 Å². The molecule has 3 aliphatic rings. The van der Waals surface area contributed by atoms with Crippen LogP contribution in [0.3, 0.4) is 0 Å². The van der Waals surface area contributed by atoms with Crippen molar-refractivity contribution < 1.29 is 4.79 Å². The van der Waals surface area contributed by atoms with Crippen LogP contribution in [0.15, 0.2) is 0 Å². The van der Waals surface area contributed by atoms with Gasteiger partial charge in [0.1, 0.15) is 0 Å². The Hall–Kier alpha value is -0.610. The third-order valence-electron chi connectivity index (χ3n) is 6.43. The summed E-state index contributed by atoms with van der Waals surface area (Å²) in [7, 11) is 2.17. The maximum Gasteiger partial charge on any atom is 0.223 e. The quantitative estimate of drug-likeness (QED) is 0.864. The van der Waals surface area contributed by atoms with Crippen LogP contribution >= 0.6 is 0 Å². The fourth-order valence-corrected chi connectivity index (χ4v) is 4.83. The highest BCUT2D eigenvalue weighted by molar-refractivity contribution is 5.78. The van der Waals surface area contributed by atoms with Crippen LogP contribution < -0.4 is 5.32 Å². The minimum atomic E-state index is 0.248. The van der Waals surface area contributed by atoms with E-state index in [0.29, 0.717) is 5.91 Å². The number of likely N-dealkylation sites (tertiary alicyclic amines) is 2. The minimum Gasteiger partial charge on any atom is -0.355 e. The first-order chi connectivity index (χ1) is 11.1. The molecule has 1 N–H and O–H groups in total. The molecule has 0 aromatic carbocycles. The second-order valence-electron chi connectivity index (χ2n) is 8.62. The van der Waals surface area contributed by atoms with Gasteiger partial charge in [-0.05, 0) is 64.2 Å². The van der Waals surface area contributed by atoms with Crippen LogP contribution in [0, 0.1) is 11.3 Å². The lowest BCUT2D eigenvalue weighted by Crippen LogP contribution is -2.46. The first-order valence-corrected chi connectivity index (χ1v) is 9.76. The standard InChI is InChI=1S/C19H35N3O/c1-19(10-13-21(2)15-19)14-20-18(23)16-8-11-22(12-9-16)17-6-4-3-5-7-17/h16-17H,3-15H2,1-2H3,(H,20,23). The van der Waals surface area contributed by atoms with E-state index in [1.807, 2.05) is 0 Å². The molecule has 0 bridgehead atoms. The Bertz CT molecular complexity index is 399. The fourth-order valence-electron chi connectivity index (χ4n) is 4.83. The highest BCUT2D eigenvalue weighted by atomic mass is 16.1. The Morgan fingerprint density at radius 2 is 1.78 bits per heavy atom. The topological polar surface area (TPSA) is 35.6 Å². The summed E-state index contributed by atoms with van der Waals surface area (Å²) in [6.07, 6.45) is 10.3. The number of nitrogens with one attached hydrogen (secondary N) is 1. The second kappa shape index (κ2) is 7.52. The smallest absolute Gasteiger partial charge is 0.223 e. The highest BCUT2D eigenvalue weighted by Gasteiger charge is 2.34. The van der Waals surface area contributed by atoms with Gasteiger partial charge in [0.05, 0.1) is 0 Å². The van der Waals surface area contributed by atoms with Crippen LogP contribution in [0.2, 0.25) is 0 Å². The summed E-state index contributed by atoms with van der Waals surface area (Å²) < 4.78 is 0. The van der Waals surface area contributed by atoms with Crippen molar-refractivity contribution in [1.82, 2.24) is 15.1 Å². The monoisotopic (exact) mass is 321 g/mol. The van der Waals surface area contributed by atoms with Crippen molar-refractivity contribution in [3.8, 4) is 0 Å². The minimum absolute atomic E-state index is 0.248. The van der Waals surface area contributed by atoms with E-state index in [1.165, 1.54) is 38.5 Å². The van der Waals surface area contributed by atoms with Gasteiger partial charge in [-0.2, -0.15) is 0 Å². The molecule has 1 atom stereocenters. The number of piperidine rings is 1. The largest absolute Gasteiger partial charge is 0.355 e. The zero-order valence-electron chi connectivity index (χ0n) is 15.1. The third kappa shape index (κ3) is 4.48. The van der Waals surface area contributed by atoms with Gasteiger partial charge in [0, 0.05) is 25.0 Å². The molecule has 0 spiro atoms. The molecule has 2 heterocycles. The Morgan fingerprint density at radius 3 is 2.39 bits per heavy atom. The summed E-state index contributed by atoms with van der Waals surface area (Å²) in [5, 5.41) is 3.27. The summed E-state index contributed by atoms with van der Waals surface area (Å²) in [6.45, 7) is 7.67. The molecule has 0 radical (unpaired) electrons. The molecule has 2 saturated heterocycles. The van der Waals surface area contributed by atoms with Crippen LogP contribution in [-0.2, 0) is 4.79 Å². The second-order valence-corrected chi connectivity index (χ2v) is 8.62. The molecule has 1 saturated carbocycles. The first kappa shape index (κ1) is 17.2. The number of carbonyl (C=O) groups is 1. The molecule has 4 heteroatoms. The highest BCUT2D eigenvalue weighted by Crippen LogP contribution is 2.29. The first-order valence-electron chi connectivity index (χ1n) is 9.76. The van der Waals surface area contributed by atoms with Gasteiger partial charge in [-0.15, -0.1) is 0 Å². The van der Waals surface area contributed by atoms with Crippen molar-refractivity contribution in [2.75, 3.05) is 39.8 Å². The number of rotatable bonds is 4. The zero-order valence-corrected chi connectivity index (χ0v) is 15.1. The summed E-state index contributed by atoms with van der Waals surface area (Å²) in [6, 6.07) is 0.806. The zero-order chi connectivity index (χ0) is 16.3. The van der Waals surface area contributed by atoms with Crippen LogP contribution in [0.1, 0.15) is 58.3 Å². The fraction of sp³-hybridized carbons (Fsp3) is 0.947. The third-order valence-corrected chi connectivity index (χ3v) is 6.43. The SMILES string of the molecule is CN1CCC(C)(CNC(=O)C2CCN(C3CCCCC3)CC2)C1. The average molecular weight is 322 g/mol. The lowest BCUT2D eigenvalue weighted by molar-refractivity contribution is -0.127. The van der Waals surface area contributed by atoms with E-state index in [9.17, 15) is 4.79 Å². The van der Waals surface area contributed by atoms with Gasteiger partial charge in [0.15, 0.2) is 0 Å². The molecular formula is C19H35N3O. The molecular weight excluding hydrogens is 286 g/mol. The van der Waals surface area contributed by atoms with Gasteiger partial charge in [-0.1, -0.05) is 26.2 Å². The summed E-state index contributed by atoms with van der Waals surface area (Å²) >= 11 is 0. The normalized spacial score (nSPS) is 32.3. The molecule has 0 aromatic heterocycles. The van der Waals surface area contributed by atoms with E-state index >= 15 is 0 Å². The predicted octanol–water partition coefficient (Wildman–Crippen LogP) is 2.49. The van der Waals surface area contributed by atoms with Crippen LogP contribution in [0.4, 0.5) is 0 Å². The molecule has 1 aliphatic carbocycles. The van der Waals surface area contributed by atoms with Crippen molar-refractivity contribution in [3.05, 3.63) is 0 Å². The number of amides is 1. The summed E-state index contributed by atoms with van der Waals surface area (Å²) in [5.41, 5.74) is 0.271. The molecule has 1 unspecified atom stereocenters. The van der Waals surface area contributed by atoms with Gasteiger partial charge in [0.25, 0.3) is 0 Å². The average Bonchev–Trinajstić information content (AvgIpc) is 2.93. The van der Waals surface area contributed by atoms with Crippen molar-refractivity contribution in [3.63, 3.8) is 0 Å². The number of hydrogen-bond donors (Lipinski definition) is 1. The number of hydrogen-bond acceptors (Lipinski definition) is 3. The van der Waals surface area contributed by atoms with Crippen LogP contribution in [0.25, 0.3) is 0 Å². The van der Waals surface area contributed by atoms with Crippen molar-refractivity contribution >= 4 is 5.91 Å². The predicted molar refractivity (Wildman–Crippen MR) is 94.4 cm³/mol.